The number of imidazole rings is 1. The molecule has 0 aliphatic carbocycles. The van der Waals surface area contributed by atoms with Crippen LogP contribution in [0, 0.1) is 46.2 Å². The molecule has 0 N–H and O–H groups in total. The van der Waals surface area contributed by atoms with Gasteiger partial charge in [-0.05, 0) is 75.0 Å². The van der Waals surface area contributed by atoms with Gasteiger partial charge in [0.1, 0.15) is 5.82 Å². The molecule has 0 bridgehead atoms. The molecule has 0 radical (unpaired) electrons. The Bertz CT molecular complexity index is 3120. The Morgan fingerprint density at radius 1 is 0.476 bits per heavy atom. The summed E-state index contributed by atoms with van der Waals surface area (Å²) in [6.07, 6.45) is 5.46. The van der Waals surface area contributed by atoms with Gasteiger partial charge in [0.05, 0.1) is 23.8 Å². The van der Waals surface area contributed by atoms with E-state index in [0.29, 0.717) is 0 Å². The van der Waals surface area contributed by atoms with Crippen molar-refractivity contribution in [2.75, 3.05) is 19.2 Å². The van der Waals surface area contributed by atoms with Crippen molar-refractivity contribution in [2.24, 2.45) is 7.05 Å². The Labute approximate surface area is 385 Å². The van der Waals surface area contributed by atoms with E-state index in [2.05, 4.69) is 232 Å². The summed E-state index contributed by atoms with van der Waals surface area (Å²) in [6, 6.07) is 66.2. The molecule has 7 nitrogen and oxygen atoms in total. The smallest absolute Gasteiger partial charge is 0.415 e. The van der Waals surface area contributed by atoms with E-state index in [1.807, 2.05) is 19.3 Å². The fraction of sp³-hybridized carbons (Fsp3) is 0.0943. The normalized spacial score (nSPS) is 13.2. The van der Waals surface area contributed by atoms with Gasteiger partial charge in [-0.3, -0.25) is 0 Å². The third-order valence-electron chi connectivity index (χ3n) is 12.5. The first kappa shape index (κ1) is 40.3. The van der Waals surface area contributed by atoms with Gasteiger partial charge in [-0.25, -0.2) is 4.98 Å². The SMILES string of the molecule is Cc1cccc(C)c1B1N(c2[c-]c(N3B(c4c(C)cccc4C)N(c4ccccc4)c4cccnc43)ccc2)c2[c-]c(-n3[c-][n+](C)c4ccccc43)ccc2N1c1ccccc1.[Pt]. The standard InChI is InChI=1S/C53H43B2N7.Pt/c1-37-18-14-19-38(2)51(37)54-59(41-22-8-6-9-23-41)48-32-31-43(58-36-57(5)46-28-12-13-29-47(46)58)35-50(48)61(54)44-26-16-27-45(34-44)62-53-49(30-17-33-56-53)60(42-24-10-7-11-25-42)55(62)52-39(3)20-15-21-40(52)4;/h6-33H,1-5H3;/q-2;. The first-order valence-electron chi connectivity index (χ1n) is 21.2. The minimum absolute atomic E-state index is 0. The van der Waals surface area contributed by atoms with Crippen LogP contribution in [-0.4, -0.2) is 23.5 Å². The van der Waals surface area contributed by atoms with Crippen LogP contribution in [-0.2, 0) is 28.1 Å². The summed E-state index contributed by atoms with van der Waals surface area (Å²) in [5.41, 5.74) is 17.5. The summed E-state index contributed by atoms with van der Waals surface area (Å²) < 4.78 is 4.17. The van der Waals surface area contributed by atoms with Crippen molar-refractivity contribution >= 4 is 81.6 Å². The van der Waals surface area contributed by atoms with Crippen molar-refractivity contribution < 1.29 is 25.6 Å². The number of aromatic nitrogens is 3. The molecular weight excluding hydrogens is 951 g/mol. The maximum atomic E-state index is 5.13. The molecule has 0 amide bonds. The zero-order valence-electron chi connectivity index (χ0n) is 35.8. The molecular formula is C53H43B2N7Pt-2. The number of pyridine rings is 1. The van der Waals surface area contributed by atoms with E-state index >= 15 is 0 Å². The third-order valence-corrected chi connectivity index (χ3v) is 12.5. The minimum atomic E-state index is -0.257. The van der Waals surface area contributed by atoms with Crippen LogP contribution in [0.25, 0.3) is 16.7 Å². The van der Waals surface area contributed by atoms with Crippen LogP contribution < -0.4 is 34.7 Å². The molecule has 9 aromatic rings. The molecule has 2 aliphatic heterocycles. The number of nitrogens with zero attached hydrogens (tertiary/aromatic N) is 7. The van der Waals surface area contributed by atoms with E-state index in [1.165, 1.54) is 33.2 Å². The van der Waals surface area contributed by atoms with Crippen molar-refractivity contribution in [3.63, 3.8) is 0 Å². The summed E-state index contributed by atoms with van der Waals surface area (Å²) in [5, 5.41) is 0. The van der Waals surface area contributed by atoms with E-state index in [4.69, 9.17) is 4.98 Å². The Morgan fingerprint density at radius 3 is 1.65 bits per heavy atom. The zero-order chi connectivity index (χ0) is 42.1. The van der Waals surface area contributed by atoms with E-state index in [9.17, 15) is 0 Å². The van der Waals surface area contributed by atoms with Crippen LogP contribution in [0.15, 0.2) is 170 Å². The number of aryl methyl sites for hydroxylation is 5. The van der Waals surface area contributed by atoms with Gasteiger partial charge in [0, 0.05) is 38.6 Å². The number of hydrogen-bond acceptors (Lipinski definition) is 5. The van der Waals surface area contributed by atoms with Gasteiger partial charge in [0.15, 0.2) is 0 Å². The predicted octanol–water partition coefficient (Wildman–Crippen LogP) is 9.85. The average Bonchev–Trinajstić information content (AvgIpc) is 3.94. The fourth-order valence-electron chi connectivity index (χ4n) is 9.79. The average molecular weight is 995 g/mol. The maximum Gasteiger partial charge on any atom is 0.420 e. The molecule has 308 valence electrons. The minimum Gasteiger partial charge on any atom is -0.415 e. The first-order chi connectivity index (χ1) is 30.4. The summed E-state index contributed by atoms with van der Waals surface area (Å²) in [5.74, 6) is 0.883. The predicted molar refractivity (Wildman–Crippen MR) is 256 cm³/mol. The molecule has 10 heteroatoms. The maximum absolute atomic E-state index is 5.13. The summed E-state index contributed by atoms with van der Waals surface area (Å²) >= 11 is 0. The topological polar surface area (TPSA) is 34.7 Å². The third kappa shape index (κ3) is 6.56. The molecule has 0 unspecified atom stereocenters. The van der Waals surface area contributed by atoms with Crippen LogP contribution >= 0.6 is 0 Å². The number of anilines is 8. The van der Waals surface area contributed by atoms with Gasteiger partial charge in [-0.2, -0.15) is 24.3 Å². The monoisotopic (exact) mass is 994 g/mol. The Kier molecular flexibility index (Phi) is 10.3. The summed E-state index contributed by atoms with van der Waals surface area (Å²) in [4.78, 5) is 14.8. The van der Waals surface area contributed by atoms with Crippen LogP contribution in [0.4, 0.5) is 45.6 Å². The molecule has 0 fully saturated rings. The molecule has 2 aliphatic rings. The van der Waals surface area contributed by atoms with Crippen LogP contribution in [0.5, 0.6) is 0 Å². The number of rotatable bonds is 7. The van der Waals surface area contributed by atoms with Gasteiger partial charge in [0.2, 0.25) is 6.33 Å². The first-order valence-corrected chi connectivity index (χ1v) is 21.2. The molecule has 63 heavy (non-hydrogen) atoms. The molecule has 2 aromatic heterocycles. The van der Waals surface area contributed by atoms with Gasteiger partial charge >= 0.3 is 14.0 Å². The van der Waals surface area contributed by atoms with Crippen LogP contribution in [0.1, 0.15) is 22.3 Å². The van der Waals surface area contributed by atoms with Gasteiger partial charge in [0.25, 0.3) is 0 Å². The van der Waals surface area contributed by atoms with E-state index in [1.54, 1.807) is 0 Å². The molecule has 0 saturated heterocycles. The van der Waals surface area contributed by atoms with Gasteiger partial charge in [-0.15, -0.1) is 18.2 Å². The largest absolute Gasteiger partial charge is 0.420 e. The Hall–Kier alpha value is -6.82. The van der Waals surface area contributed by atoms with Crippen molar-refractivity contribution in [1.29, 1.82) is 0 Å². The Balaban J connectivity index is 0.00000471. The number of benzene rings is 7. The quantitative estimate of drug-likeness (QED) is 0.0904. The van der Waals surface area contributed by atoms with E-state index in [0.717, 1.165) is 62.4 Å². The van der Waals surface area contributed by atoms with Gasteiger partial charge in [-0.1, -0.05) is 148 Å². The molecule has 7 aromatic carbocycles. The van der Waals surface area contributed by atoms with Crippen LogP contribution in [0.3, 0.4) is 0 Å². The molecule has 4 heterocycles. The summed E-state index contributed by atoms with van der Waals surface area (Å²) in [6.45, 7) is 8.40. The van der Waals surface area contributed by atoms with Crippen molar-refractivity contribution in [1.82, 2.24) is 9.55 Å². The second-order valence-corrected chi connectivity index (χ2v) is 16.3. The second kappa shape index (κ2) is 16.1. The van der Waals surface area contributed by atoms with Crippen LogP contribution in [0.2, 0.25) is 0 Å². The molecule has 0 saturated carbocycles. The number of para-hydroxylation sites is 4. The van der Waals surface area contributed by atoms with Crippen molar-refractivity contribution in [2.45, 2.75) is 27.7 Å². The second-order valence-electron chi connectivity index (χ2n) is 16.3. The summed E-state index contributed by atoms with van der Waals surface area (Å²) in [7, 11) is 2.04. The van der Waals surface area contributed by atoms with E-state index in [-0.39, 0.29) is 35.0 Å². The van der Waals surface area contributed by atoms with Gasteiger partial charge < -0.3 is 28.4 Å². The number of fused-ring (bicyclic) bond motifs is 3. The van der Waals surface area contributed by atoms with E-state index < -0.39 is 0 Å². The fourth-order valence-corrected chi connectivity index (χ4v) is 9.79. The molecule has 0 atom stereocenters. The molecule has 0 spiro atoms. The Morgan fingerprint density at radius 2 is 1.02 bits per heavy atom. The molecule has 11 rings (SSSR count). The van der Waals surface area contributed by atoms with Crippen molar-refractivity contribution in [3.05, 3.63) is 211 Å². The number of hydrogen-bond donors (Lipinski definition) is 0. The zero-order valence-corrected chi connectivity index (χ0v) is 38.0. The van der Waals surface area contributed by atoms with Crippen molar-refractivity contribution in [3.8, 4) is 5.69 Å².